The van der Waals surface area contributed by atoms with Gasteiger partial charge in [0.2, 0.25) is 0 Å². The molecule has 0 spiro atoms. The maximum absolute atomic E-state index is 8.98. The lowest BCUT2D eigenvalue weighted by Gasteiger charge is -2.06. The molecule has 100 valence electrons. The van der Waals surface area contributed by atoms with Gasteiger partial charge in [0.1, 0.15) is 12.1 Å². The van der Waals surface area contributed by atoms with Crippen LogP contribution in [0.5, 0.6) is 0 Å². The molecule has 1 aromatic carbocycles. The molecule has 20 heavy (non-hydrogen) atoms. The fourth-order valence-corrected chi connectivity index (χ4v) is 1.80. The molecule has 0 aliphatic carbocycles. The number of anilines is 1. The summed E-state index contributed by atoms with van der Waals surface area (Å²) >= 11 is 0. The monoisotopic (exact) mass is 265 g/mol. The van der Waals surface area contributed by atoms with Crippen LogP contribution in [-0.2, 0) is 6.54 Å². The van der Waals surface area contributed by atoms with Crippen molar-refractivity contribution in [2.75, 3.05) is 5.32 Å². The summed E-state index contributed by atoms with van der Waals surface area (Å²) in [7, 11) is 0. The van der Waals surface area contributed by atoms with Gasteiger partial charge in [-0.3, -0.25) is 4.68 Å². The highest BCUT2D eigenvalue weighted by molar-refractivity contribution is 5.56. The standard InChI is InChI=1S/C15H15N5/c1-11(2)20-6-5-15(19-20)10-18-14-4-3-12(8-16)13(7-14)9-17/h3-7,11,18H,10H2,1-2H3. The predicted molar refractivity (Wildman–Crippen MR) is 75.8 cm³/mol. The second kappa shape index (κ2) is 5.90. The first-order chi connectivity index (χ1) is 9.63. The van der Waals surface area contributed by atoms with Gasteiger partial charge in [-0.2, -0.15) is 15.6 Å². The van der Waals surface area contributed by atoms with Gasteiger partial charge in [-0.1, -0.05) is 0 Å². The molecule has 1 heterocycles. The molecule has 0 aliphatic heterocycles. The van der Waals surface area contributed by atoms with Gasteiger partial charge in [-0.05, 0) is 38.1 Å². The van der Waals surface area contributed by atoms with E-state index in [1.807, 2.05) is 29.1 Å². The van der Waals surface area contributed by atoms with Gasteiger partial charge in [0.25, 0.3) is 0 Å². The van der Waals surface area contributed by atoms with E-state index in [9.17, 15) is 0 Å². The lowest BCUT2D eigenvalue weighted by atomic mass is 10.1. The Morgan fingerprint density at radius 1 is 1.20 bits per heavy atom. The van der Waals surface area contributed by atoms with E-state index in [4.69, 9.17) is 10.5 Å². The molecule has 2 rings (SSSR count). The van der Waals surface area contributed by atoms with Crippen LogP contribution in [0.25, 0.3) is 0 Å². The third kappa shape index (κ3) is 2.96. The molecular formula is C15H15N5. The fraction of sp³-hybridized carbons (Fsp3) is 0.267. The lowest BCUT2D eigenvalue weighted by Crippen LogP contribution is -2.05. The normalized spacial score (nSPS) is 10.1. The number of nitriles is 2. The van der Waals surface area contributed by atoms with Gasteiger partial charge in [0, 0.05) is 17.9 Å². The summed E-state index contributed by atoms with van der Waals surface area (Å²) in [5.74, 6) is 0. The molecule has 5 nitrogen and oxygen atoms in total. The summed E-state index contributed by atoms with van der Waals surface area (Å²) in [6, 6.07) is 11.4. The van der Waals surface area contributed by atoms with Crippen molar-refractivity contribution in [2.45, 2.75) is 26.4 Å². The van der Waals surface area contributed by atoms with Crippen molar-refractivity contribution >= 4 is 5.69 Å². The number of hydrogen-bond acceptors (Lipinski definition) is 4. The second-order valence-corrected chi connectivity index (χ2v) is 4.72. The number of nitrogens with zero attached hydrogens (tertiary/aromatic N) is 4. The number of hydrogen-bond donors (Lipinski definition) is 1. The maximum atomic E-state index is 8.98. The summed E-state index contributed by atoms with van der Waals surface area (Å²) in [6.07, 6.45) is 1.95. The molecule has 0 aliphatic rings. The van der Waals surface area contributed by atoms with Crippen molar-refractivity contribution in [1.29, 1.82) is 10.5 Å². The van der Waals surface area contributed by atoms with E-state index in [-0.39, 0.29) is 0 Å². The molecule has 5 heteroatoms. The van der Waals surface area contributed by atoms with Crippen molar-refractivity contribution in [3.63, 3.8) is 0 Å². The first-order valence-corrected chi connectivity index (χ1v) is 6.36. The van der Waals surface area contributed by atoms with E-state index >= 15 is 0 Å². The largest absolute Gasteiger partial charge is 0.379 e. The smallest absolute Gasteiger partial charge is 0.101 e. The Kier molecular flexibility index (Phi) is 4.02. The van der Waals surface area contributed by atoms with Gasteiger partial charge < -0.3 is 5.32 Å². The van der Waals surface area contributed by atoms with Crippen LogP contribution in [0.1, 0.15) is 36.7 Å². The zero-order valence-electron chi connectivity index (χ0n) is 11.5. The highest BCUT2D eigenvalue weighted by Gasteiger charge is 2.04. The molecule has 2 aromatic rings. The summed E-state index contributed by atoms with van der Waals surface area (Å²) in [5, 5.41) is 25.5. The molecule has 1 aromatic heterocycles. The Morgan fingerprint density at radius 2 is 1.95 bits per heavy atom. The molecule has 0 radical (unpaired) electrons. The van der Waals surface area contributed by atoms with Crippen LogP contribution in [-0.4, -0.2) is 9.78 Å². The molecule has 0 saturated carbocycles. The number of benzene rings is 1. The zero-order valence-corrected chi connectivity index (χ0v) is 11.5. The Labute approximate surface area is 118 Å². The maximum Gasteiger partial charge on any atom is 0.101 e. The van der Waals surface area contributed by atoms with Crippen LogP contribution in [0.3, 0.4) is 0 Å². The minimum Gasteiger partial charge on any atom is -0.379 e. The van der Waals surface area contributed by atoms with Crippen molar-refractivity contribution in [2.24, 2.45) is 0 Å². The van der Waals surface area contributed by atoms with Crippen molar-refractivity contribution in [3.05, 3.63) is 47.3 Å². The third-order valence-electron chi connectivity index (χ3n) is 2.93. The highest BCUT2D eigenvalue weighted by Crippen LogP contribution is 2.15. The van der Waals surface area contributed by atoms with Crippen molar-refractivity contribution in [3.8, 4) is 12.1 Å². The second-order valence-electron chi connectivity index (χ2n) is 4.72. The van der Waals surface area contributed by atoms with Crippen LogP contribution in [0, 0.1) is 22.7 Å². The summed E-state index contributed by atoms with van der Waals surface area (Å²) in [4.78, 5) is 0. The van der Waals surface area contributed by atoms with Gasteiger partial charge in [0.15, 0.2) is 0 Å². The molecule has 0 amide bonds. The molecular weight excluding hydrogens is 250 g/mol. The van der Waals surface area contributed by atoms with Crippen LogP contribution >= 0.6 is 0 Å². The number of nitrogens with one attached hydrogen (secondary N) is 1. The SMILES string of the molecule is CC(C)n1ccc(CNc2ccc(C#N)c(C#N)c2)n1. The lowest BCUT2D eigenvalue weighted by molar-refractivity contribution is 0.527. The minimum atomic E-state index is 0.337. The van der Waals surface area contributed by atoms with Gasteiger partial charge in [-0.25, -0.2) is 0 Å². The van der Waals surface area contributed by atoms with Crippen LogP contribution < -0.4 is 5.32 Å². The Hall–Kier alpha value is -2.79. The average molecular weight is 265 g/mol. The number of rotatable bonds is 4. The molecule has 0 fully saturated rings. The van der Waals surface area contributed by atoms with Crippen LogP contribution in [0.2, 0.25) is 0 Å². The predicted octanol–water partition coefficient (Wildman–Crippen LogP) is 2.82. The fourth-order valence-electron chi connectivity index (χ4n) is 1.80. The topological polar surface area (TPSA) is 77.4 Å². The first-order valence-electron chi connectivity index (χ1n) is 6.36. The first kappa shape index (κ1) is 13.6. The average Bonchev–Trinajstić information content (AvgIpc) is 2.94. The van der Waals surface area contributed by atoms with Crippen LogP contribution in [0.15, 0.2) is 30.5 Å². The van der Waals surface area contributed by atoms with E-state index in [1.54, 1.807) is 18.2 Å². The molecule has 1 N–H and O–H groups in total. The number of aromatic nitrogens is 2. The molecule has 0 atom stereocenters. The Balaban J connectivity index is 2.07. The van der Waals surface area contributed by atoms with E-state index in [1.165, 1.54) is 0 Å². The molecule has 0 bridgehead atoms. The van der Waals surface area contributed by atoms with E-state index in [0.29, 0.717) is 23.7 Å². The van der Waals surface area contributed by atoms with Crippen molar-refractivity contribution in [1.82, 2.24) is 9.78 Å². The summed E-state index contributed by atoms with van der Waals surface area (Å²) in [5.41, 5.74) is 2.51. The zero-order chi connectivity index (χ0) is 14.5. The summed E-state index contributed by atoms with van der Waals surface area (Å²) < 4.78 is 1.90. The van der Waals surface area contributed by atoms with Gasteiger partial charge in [-0.15, -0.1) is 0 Å². The Bertz CT molecular complexity index is 685. The minimum absolute atomic E-state index is 0.337. The third-order valence-corrected chi connectivity index (χ3v) is 2.93. The van der Waals surface area contributed by atoms with Gasteiger partial charge in [0.05, 0.1) is 23.4 Å². The highest BCUT2D eigenvalue weighted by atomic mass is 15.3. The van der Waals surface area contributed by atoms with E-state index in [2.05, 4.69) is 24.3 Å². The van der Waals surface area contributed by atoms with E-state index in [0.717, 1.165) is 11.4 Å². The molecule has 0 saturated heterocycles. The van der Waals surface area contributed by atoms with E-state index < -0.39 is 0 Å². The Morgan fingerprint density at radius 3 is 2.55 bits per heavy atom. The van der Waals surface area contributed by atoms with Gasteiger partial charge >= 0.3 is 0 Å². The quantitative estimate of drug-likeness (QED) is 0.922. The summed E-state index contributed by atoms with van der Waals surface area (Å²) in [6.45, 7) is 4.73. The molecule has 0 unspecified atom stereocenters. The van der Waals surface area contributed by atoms with Crippen LogP contribution in [0.4, 0.5) is 5.69 Å². The van der Waals surface area contributed by atoms with Crippen molar-refractivity contribution < 1.29 is 0 Å².